The highest BCUT2D eigenvalue weighted by Gasteiger charge is 2.61. The highest BCUT2D eigenvalue weighted by molar-refractivity contribution is 7.93. The molecule has 10 nitrogen and oxygen atoms in total. The number of pyridine rings is 2. The summed E-state index contributed by atoms with van der Waals surface area (Å²) >= 11 is 6.42. The summed E-state index contributed by atoms with van der Waals surface area (Å²) in [6, 6.07) is 9.82. The van der Waals surface area contributed by atoms with E-state index >= 15 is 0 Å². The number of aromatic nitrogens is 2. The summed E-state index contributed by atoms with van der Waals surface area (Å²) in [5.74, 6) is -1.05. The maximum atomic E-state index is 14.7. The second-order valence-electron chi connectivity index (χ2n) is 9.20. The minimum atomic E-state index is -4.48. The molecule has 2 aromatic heterocycles. The van der Waals surface area contributed by atoms with Gasteiger partial charge in [-0.05, 0) is 62.9 Å². The van der Waals surface area contributed by atoms with Gasteiger partial charge in [-0.3, -0.25) is 14.5 Å². The lowest BCUT2D eigenvalue weighted by Crippen LogP contribution is -2.59. The number of hydrogen-bond donors (Lipinski definition) is 0. The Balaban J connectivity index is 2.09. The van der Waals surface area contributed by atoms with E-state index in [0.717, 1.165) is 9.87 Å². The van der Waals surface area contributed by atoms with E-state index in [-0.39, 0.29) is 38.7 Å². The zero-order valence-corrected chi connectivity index (χ0v) is 23.4. The van der Waals surface area contributed by atoms with Crippen LogP contribution in [0.3, 0.4) is 0 Å². The van der Waals surface area contributed by atoms with Gasteiger partial charge in [-0.25, -0.2) is 9.97 Å². The van der Waals surface area contributed by atoms with Crippen molar-refractivity contribution in [3.63, 3.8) is 0 Å². The Morgan fingerprint density at radius 2 is 1.82 bits per heavy atom. The molecular formula is C26H28ClN5O5S. The van der Waals surface area contributed by atoms with Crippen LogP contribution in [0, 0.1) is 6.92 Å². The quantitative estimate of drug-likeness (QED) is 0.436. The summed E-state index contributed by atoms with van der Waals surface area (Å²) in [6.07, 6.45) is 2.91. The van der Waals surface area contributed by atoms with E-state index in [4.69, 9.17) is 16.3 Å². The highest BCUT2D eigenvalue weighted by Crippen LogP contribution is 2.52. The molecule has 1 aliphatic rings. The van der Waals surface area contributed by atoms with Crippen LogP contribution in [0.4, 0.5) is 5.69 Å². The molecule has 0 saturated heterocycles. The van der Waals surface area contributed by atoms with Gasteiger partial charge in [0, 0.05) is 42.6 Å². The fourth-order valence-corrected chi connectivity index (χ4v) is 6.29. The molecule has 0 fully saturated rings. The van der Waals surface area contributed by atoms with Crippen molar-refractivity contribution in [1.29, 1.82) is 0 Å². The Hall–Kier alpha value is -3.54. The van der Waals surface area contributed by atoms with Crippen LogP contribution in [-0.4, -0.2) is 74.3 Å². The summed E-state index contributed by atoms with van der Waals surface area (Å²) in [7, 11) is 1.71. The summed E-state index contributed by atoms with van der Waals surface area (Å²) in [4.78, 5) is 39.2. The highest BCUT2D eigenvalue weighted by atomic mass is 35.5. The normalized spacial score (nSPS) is 17.9. The van der Waals surface area contributed by atoms with Crippen molar-refractivity contribution in [2.24, 2.45) is 0 Å². The first-order chi connectivity index (χ1) is 17.9. The number of carbonyl (C=O) groups excluding carboxylic acids is 2. The average Bonchev–Trinajstić information content (AvgIpc) is 3.15. The second kappa shape index (κ2) is 9.97. The largest absolute Gasteiger partial charge is 0.481 e. The predicted molar refractivity (Wildman–Crippen MR) is 143 cm³/mol. The molecule has 0 saturated carbocycles. The third-order valence-electron chi connectivity index (χ3n) is 6.71. The number of nitrogens with zero attached hydrogens (tertiary/aromatic N) is 5. The molecule has 0 aliphatic carbocycles. The smallest absolute Gasteiger partial charge is 0.288 e. The molecule has 12 heteroatoms. The van der Waals surface area contributed by atoms with Gasteiger partial charge in [0.1, 0.15) is 0 Å². The van der Waals surface area contributed by atoms with Crippen LogP contribution >= 0.6 is 11.6 Å². The maximum absolute atomic E-state index is 14.7. The number of halogens is 1. The van der Waals surface area contributed by atoms with Gasteiger partial charge in [0.15, 0.2) is 10.6 Å². The zero-order valence-electron chi connectivity index (χ0n) is 21.8. The van der Waals surface area contributed by atoms with Crippen LogP contribution in [0.15, 0.2) is 59.9 Å². The molecule has 2 unspecified atom stereocenters. The average molecular weight is 558 g/mol. The molecule has 0 N–H and O–H groups in total. The third-order valence-corrected chi connectivity index (χ3v) is 8.56. The van der Waals surface area contributed by atoms with Crippen molar-refractivity contribution in [1.82, 2.24) is 19.8 Å². The number of hydrogen-bond acceptors (Lipinski definition) is 8. The monoisotopic (exact) mass is 557 g/mol. The lowest BCUT2D eigenvalue weighted by molar-refractivity contribution is -0.138. The number of amides is 2. The van der Waals surface area contributed by atoms with E-state index in [9.17, 15) is 18.0 Å². The number of rotatable bonds is 7. The molecule has 0 radical (unpaired) electrons. The molecule has 0 bridgehead atoms. The fourth-order valence-electron chi connectivity index (χ4n) is 4.74. The van der Waals surface area contributed by atoms with E-state index < -0.39 is 27.5 Å². The molecule has 1 aliphatic heterocycles. The standard InChI is InChI=1S/C26H28ClN5O5S/c1-16-9-12-22(29-15-16)38(35,36)32-21-11-10-18(27)14-20(21)26(25(32)34,19-8-7-13-28-23(19)37-6)31(5)17(2)24(33)30(3)4/h7-15,17H,1-6H3. The molecule has 200 valence electrons. The van der Waals surface area contributed by atoms with Crippen LogP contribution < -0.4 is 9.04 Å². The summed E-state index contributed by atoms with van der Waals surface area (Å²) in [5.41, 5.74) is -0.481. The van der Waals surface area contributed by atoms with Gasteiger partial charge in [-0.2, -0.15) is 12.7 Å². The number of fused-ring (bicyclic) bond motifs is 1. The number of aryl methyl sites for hydroxylation is 1. The minimum absolute atomic E-state index is 0.0871. The van der Waals surface area contributed by atoms with E-state index in [1.807, 2.05) is 0 Å². The molecule has 38 heavy (non-hydrogen) atoms. The Bertz CT molecular complexity index is 1510. The number of carbonyl (C=O) groups is 2. The van der Waals surface area contributed by atoms with Gasteiger partial charge in [0.2, 0.25) is 11.8 Å². The van der Waals surface area contributed by atoms with Crippen molar-refractivity contribution in [2.75, 3.05) is 32.6 Å². The van der Waals surface area contributed by atoms with Crippen LogP contribution in [0.2, 0.25) is 5.02 Å². The van der Waals surface area contributed by atoms with Crippen molar-refractivity contribution >= 4 is 39.1 Å². The molecule has 1 aromatic carbocycles. The Morgan fingerprint density at radius 3 is 2.42 bits per heavy atom. The van der Waals surface area contributed by atoms with E-state index in [2.05, 4.69) is 9.97 Å². The number of likely N-dealkylation sites (N-methyl/N-ethyl adjacent to an activating group) is 2. The van der Waals surface area contributed by atoms with E-state index in [1.54, 1.807) is 53.2 Å². The van der Waals surface area contributed by atoms with Crippen LogP contribution in [0.1, 0.15) is 23.6 Å². The number of sulfonamides is 1. The number of methoxy groups -OCH3 is 1. The van der Waals surface area contributed by atoms with E-state index in [1.165, 1.54) is 53.6 Å². The van der Waals surface area contributed by atoms with Gasteiger partial charge in [0.25, 0.3) is 15.9 Å². The summed E-state index contributed by atoms with van der Waals surface area (Å²) < 4.78 is 34.2. The lowest BCUT2D eigenvalue weighted by Gasteiger charge is -2.41. The molecule has 2 atom stereocenters. The first-order valence-electron chi connectivity index (χ1n) is 11.6. The van der Waals surface area contributed by atoms with Crippen molar-refractivity contribution in [3.05, 3.63) is 76.6 Å². The molecule has 2 amide bonds. The van der Waals surface area contributed by atoms with Crippen molar-refractivity contribution in [2.45, 2.75) is 30.5 Å². The summed E-state index contributed by atoms with van der Waals surface area (Å²) in [6.45, 7) is 3.42. The fraction of sp³-hybridized carbons (Fsp3) is 0.308. The number of benzene rings is 1. The van der Waals surface area contributed by atoms with Crippen LogP contribution in [-0.2, 0) is 25.2 Å². The first-order valence-corrected chi connectivity index (χ1v) is 13.5. The Kier molecular flexibility index (Phi) is 7.21. The molecule has 4 rings (SSSR count). The van der Waals surface area contributed by atoms with Gasteiger partial charge in [-0.1, -0.05) is 17.7 Å². The minimum Gasteiger partial charge on any atom is -0.481 e. The SMILES string of the molecule is COc1ncccc1C1(N(C)C(C)C(=O)N(C)C)C(=O)N(S(=O)(=O)c2ccc(C)cn2)c2ccc(Cl)cc21. The van der Waals surface area contributed by atoms with E-state index in [0.29, 0.717) is 0 Å². The Morgan fingerprint density at radius 1 is 1.11 bits per heavy atom. The topological polar surface area (TPSA) is 113 Å². The predicted octanol–water partition coefficient (Wildman–Crippen LogP) is 2.83. The van der Waals surface area contributed by atoms with Gasteiger partial charge >= 0.3 is 0 Å². The van der Waals surface area contributed by atoms with Crippen molar-refractivity contribution < 1.29 is 22.7 Å². The first kappa shape index (κ1) is 27.5. The van der Waals surface area contributed by atoms with Gasteiger partial charge < -0.3 is 9.64 Å². The second-order valence-corrected chi connectivity index (χ2v) is 11.4. The molecular weight excluding hydrogens is 530 g/mol. The third kappa shape index (κ3) is 4.11. The molecule has 3 heterocycles. The van der Waals surface area contributed by atoms with Crippen molar-refractivity contribution in [3.8, 4) is 5.88 Å². The number of anilines is 1. The molecule has 0 spiro atoms. The lowest BCUT2D eigenvalue weighted by atomic mass is 9.81. The van der Waals surface area contributed by atoms with Gasteiger partial charge in [-0.15, -0.1) is 0 Å². The van der Waals surface area contributed by atoms with Crippen LogP contribution in [0.5, 0.6) is 5.88 Å². The zero-order chi connectivity index (χ0) is 28.0. The summed E-state index contributed by atoms with van der Waals surface area (Å²) in [5, 5.41) is -0.0251. The van der Waals surface area contributed by atoms with Crippen LogP contribution in [0.25, 0.3) is 0 Å². The van der Waals surface area contributed by atoms with Gasteiger partial charge in [0.05, 0.1) is 18.8 Å². The molecule has 3 aromatic rings. The Labute approximate surface area is 226 Å². The maximum Gasteiger partial charge on any atom is 0.288 e. The number of ether oxygens (including phenoxy) is 1.